The predicted octanol–water partition coefficient (Wildman–Crippen LogP) is 4.67. The van der Waals surface area contributed by atoms with E-state index in [1.807, 2.05) is 49.4 Å². The van der Waals surface area contributed by atoms with Gasteiger partial charge in [0.15, 0.2) is 0 Å². The first-order chi connectivity index (χ1) is 11.9. The quantitative estimate of drug-likeness (QED) is 0.836. The molecule has 3 rings (SSSR count). The Morgan fingerprint density at radius 1 is 1.04 bits per heavy atom. The molecule has 0 atom stereocenters. The van der Waals surface area contributed by atoms with Gasteiger partial charge < -0.3 is 10.6 Å². The molecule has 25 heavy (non-hydrogen) atoms. The second kappa shape index (κ2) is 6.89. The maximum atomic E-state index is 13.1. The molecule has 4 nitrogen and oxygen atoms in total. The van der Waals surface area contributed by atoms with Gasteiger partial charge in [-0.3, -0.25) is 9.59 Å². The molecule has 1 aliphatic carbocycles. The average Bonchev–Trinajstić information content (AvgIpc) is 2.50. The molecule has 2 amide bonds. The molecular formula is C20H21ClN2O2. The summed E-state index contributed by atoms with van der Waals surface area (Å²) in [5.74, 6) is -0.162. The minimum absolute atomic E-state index is 0.0240. The zero-order chi connectivity index (χ0) is 18.0. The minimum atomic E-state index is -0.526. The van der Waals surface area contributed by atoms with Gasteiger partial charge in [0.05, 0.1) is 5.41 Å². The molecule has 5 heteroatoms. The van der Waals surface area contributed by atoms with E-state index in [4.69, 9.17) is 11.6 Å². The van der Waals surface area contributed by atoms with Crippen LogP contribution < -0.4 is 10.6 Å². The van der Waals surface area contributed by atoms with Gasteiger partial charge in [0, 0.05) is 23.3 Å². The molecule has 0 aromatic heterocycles. The van der Waals surface area contributed by atoms with Crippen LogP contribution in [0.5, 0.6) is 0 Å². The standard InChI is InChI=1S/C20H21ClN2O2/c1-13-17(22-14(2)24)8-4-9-18(13)23-19(25)20(10-5-11-20)15-6-3-7-16(21)12-15/h3-4,6-9,12H,5,10-11H2,1-2H3,(H,22,24)(H,23,25). The SMILES string of the molecule is CC(=O)Nc1cccc(NC(=O)C2(c3cccc(Cl)c3)CCC2)c1C. The molecule has 1 saturated carbocycles. The van der Waals surface area contributed by atoms with Gasteiger partial charge in [0.2, 0.25) is 11.8 Å². The number of anilines is 2. The van der Waals surface area contributed by atoms with Crippen molar-refractivity contribution in [3.05, 3.63) is 58.6 Å². The molecule has 0 saturated heterocycles. The number of benzene rings is 2. The van der Waals surface area contributed by atoms with Crippen molar-refractivity contribution in [2.75, 3.05) is 10.6 Å². The van der Waals surface area contributed by atoms with Crippen LogP contribution in [0.4, 0.5) is 11.4 Å². The zero-order valence-corrected chi connectivity index (χ0v) is 15.1. The fourth-order valence-electron chi connectivity index (χ4n) is 3.30. The highest BCUT2D eigenvalue weighted by Gasteiger charge is 2.45. The lowest BCUT2D eigenvalue weighted by Gasteiger charge is -2.41. The molecule has 0 spiro atoms. The maximum Gasteiger partial charge on any atom is 0.235 e. The number of rotatable bonds is 4. The van der Waals surface area contributed by atoms with E-state index in [0.29, 0.717) is 16.4 Å². The lowest BCUT2D eigenvalue weighted by atomic mass is 9.63. The van der Waals surface area contributed by atoms with Crippen molar-refractivity contribution in [3.63, 3.8) is 0 Å². The molecule has 0 unspecified atom stereocenters. The van der Waals surface area contributed by atoms with Gasteiger partial charge in [0.1, 0.15) is 0 Å². The van der Waals surface area contributed by atoms with Crippen LogP contribution in [-0.4, -0.2) is 11.8 Å². The number of carbonyl (C=O) groups excluding carboxylic acids is 2. The van der Waals surface area contributed by atoms with Crippen molar-refractivity contribution in [2.24, 2.45) is 0 Å². The van der Waals surface area contributed by atoms with Crippen molar-refractivity contribution in [3.8, 4) is 0 Å². The largest absolute Gasteiger partial charge is 0.326 e. The lowest BCUT2D eigenvalue weighted by Crippen LogP contribution is -2.46. The molecular weight excluding hydrogens is 336 g/mol. The third kappa shape index (κ3) is 3.40. The molecule has 0 heterocycles. The van der Waals surface area contributed by atoms with Crippen LogP contribution in [0.2, 0.25) is 5.02 Å². The monoisotopic (exact) mass is 356 g/mol. The smallest absolute Gasteiger partial charge is 0.235 e. The Kier molecular flexibility index (Phi) is 4.82. The van der Waals surface area contributed by atoms with Crippen molar-refractivity contribution < 1.29 is 9.59 Å². The van der Waals surface area contributed by atoms with Crippen molar-refractivity contribution in [1.29, 1.82) is 0 Å². The molecule has 2 aromatic carbocycles. The number of hydrogen-bond donors (Lipinski definition) is 2. The van der Waals surface area contributed by atoms with Crippen molar-refractivity contribution in [1.82, 2.24) is 0 Å². The first-order valence-electron chi connectivity index (χ1n) is 8.37. The van der Waals surface area contributed by atoms with E-state index in [2.05, 4.69) is 10.6 Å². The third-order valence-corrected chi connectivity index (χ3v) is 5.15. The Bertz CT molecular complexity index is 828. The number of hydrogen-bond acceptors (Lipinski definition) is 2. The average molecular weight is 357 g/mol. The minimum Gasteiger partial charge on any atom is -0.326 e. The van der Waals surface area contributed by atoms with Crippen LogP contribution in [0.25, 0.3) is 0 Å². The summed E-state index contributed by atoms with van der Waals surface area (Å²) in [7, 11) is 0. The van der Waals surface area contributed by atoms with E-state index < -0.39 is 5.41 Å². The summed E-state index contributed by atoms with van der Waals surface area (Å²) < 4.78 is 0. The normalized spacial score (nSPS) is 15.2. The first kappa shape index (κ1) is 17.5. The summed E-state index contributed by atoms with van der Waals surface area (Å²) in [6.45, 7) is 3.35. The van der Waals surface area contributed by atoms with E-state index in [9.17, 15) is 9.59 Å². The summed E-state index contributed by atoms with van der Waals surface area (Å²) >= 11 is 6.12. The van der Waals surface area contributed by atoms with Crippen LogP contribution in [-0.2, 0) is 15.0 Å². The fourth-order valence-corrected chi connectivity index (χ4v) is 3.49. The summed E-state index contributed by atoms with van der Waals surface area (Å²) in [5.41, 5.74) is 2.69. The molecule has 130 valence electrons. The van der Waals surface area contributed by atoms with Gasteiger partial charge >= 0.3 is 0 Å². The summed E-state index contributed by atoms with van der Waals surface area (Å²) in [4.78, 5) is 24.4. The molecule has 1 fully saturated rings. The molecule has 0 bridgehead atoms. The van der Waals surface area contributed by atoms with Crippen LogP contribution >= 0.6 is 11.6 Å². The van der Waals surface area contributed by atoms with Gasteiger partial charge in [0.25, 0.3) is 0 Å². The predicted molar refractivity (Wildman–Crippen MR) is 101 cm³/mol. The van der Waals surface area contributed by atoms with Gasteiger partial charge in [-0.05, 0) is 55.2 Å². The topological polar surface area (TPSA) is 58.2 Å². The molecule has 0 aliphatic heterocycles. The van der Waals surface area contributed by atoms with Crippen LogP contribution in [0.15, 0.2) is 42.5 Å². The summed E-state index contributed by atoms with van der Waals surface area (Å²) in [6, 6.07) is 13.0. The second-order valence-corrected chi connectivity index (χ2v) is 7.00. The fraction of sp³-hybridized carbons (Fsp3) is 0.300. The van der Waals surface area contributed by atoms with E-state index in [1.165, 1.54) is 6.92 Å². The third-order valence-electron chi connectivity index (χ3n) is 4.91. The maximum absolute atomic E-state index is 13.1. The van der Waals surface area contributed by atoms with Gasteiger partial charge in [-0.2, -0.15) is 0 Å². The first-order valence-corrected chi connectivity index (χ1v) is 8.75. The molecule has 2 N–H and O–H groups in total. The second-order valence-electron chi connectivity index (χ2n) is 6.56. The number of carbonyl (C=O) groups is 2. The Labute approximate surface area is 152 Å². The molecule has 1 aliphatic rings. The van der Waals surface area contributed by atoms with Crippen molar-refractivity contribution in [2.45, 2.75) is 38.5 Å². The van der Waals surface area contributed by atoms with Gasteiger partial charge in [-0.25, -0.2) is 0 Å². The Morgan fingerprint density at radius 2 is 1.68 bits per heavy atom. The van der Waals surface area contributed by atoms with Crippen LogP contribution in [0.3, 0.4) is 0 Å². The van der Waals surface area contributed by atoms with Gasteiger partial charge in [-0.15, -0.1) is 0 Å². The molecule has 2 aromatic rings. The van der Waals surface area contributed by atoms with Gasteiger partial charge in [-0.1, -0.05) is 36.2 Å². The highest BCUT2D eigenvalue weighted by Crippen LogP contribution is 2.45. The number of halogens is 1. The summed E-state index contributed by atoms with van der Waals surface area (Å²) in [5, 5.41) is 6.48. The number of nitrogens with one attached hydrogen (secondary N) is 2. The Morgan fingerprint density at radius 3 is 2.24 bits per heavy atom. The summed E-state index contributed by atoms with van der Waals surface area (Å²) in [6.07, 6.45) is 2.64. The zero-order valence-electron chi connectivity index (χ0n) is 14.4. The van der Waals surface area contributed by atoms with Crippen molar-refractivity contribution >= 4 is 34.8 Å². The molecule has 0 radical (unpaired) electrons. The van der Waals surface area contributed by atoms with E-state index in [-0.39, 0.29) is 11.8 Å². The van der Waals surface area contributed by atoms with Crippen LogP contribution in [0, 0.1) is 6.92 Å². The number of amides is 2. The highest BCUT2D eigenvalue weighted by atomic mass is 35.5. The van der Waals surface area contributed by atoms with E-state index >= 15 is 0 Å². The highest BCUT2D eigenvalue weighted by molar-refractivity contribution is 6.30. The van der Waals surface area contributed by atoms with Crippen LogP contribution in [0.1, 0.15) is 37.3 Å². The Balaban J connectivity index is 1.88. The van der Waals surface area contributed by atoms with E-state index in [1.54, 1.807) is 0 Å². The van der Waals surface area contributed by atoms with E-state index in [0.717, 1.165) is 30.4 Å². The Hall–Kier alpha value is -2.33. The lowest BCUT2D eigenvalue weighted by molar-refractivity contribution is -0.124.